The smallest absolute Gasteiger partial charge is 0.307 e. The van der Waals surface area contributed by atoms with E-state index in [1.165, 1.54) is 11.8 Å². The van der Waals surface area contributed by atoms with Gasteiger partial charge in [0.15, 0.2) is 11.9 Å². The van der Waals surface area contributed by atoms with E-state index in [0.29, 0.717) is 16.9 Å². The van der Waals surface area contributed by atoms with Gasteiger partial charge in [0.2, 0.25) is 5.91 Å². The lowest BCUT2D eigenvalue weighted by Crippen LogP contribution is -2.60. The molecule has 0 aromatic heterocycles. The van der Waals surface area contributed by atoms with Crippen molar-refractivity contribution in [3.05, 3.63) is 60.2 Å². The van der Waals surface area contributed by atoms with Crippen molar-refractivity contribution >= 4 is 34.9 Å². The number of ether oxygens (including phenoxy) is 1. The minimum absolute atomic E-state index is 0.00972. The van der Waals surface area contributed by atoms with Gasteiger partial charge in [-0.15, -0.1) is 0 Å². The summed E-state index contributed by atoms with van der Waals surface area (Å²) in [6.07, 6.45) is -1.25. The first kappa shape index (κ1) is 21.2. The highest BCUT2D eigenvalue weighted by molar-refractivity contribution is 6.15. The third-order valence-electron chi connectivity index (χ3n) is 5.04. The molecule has 30 heavy (non-hydrogen) atoms. The Labute approximate surface area is 175 Å². The number of amides is 2. The van der Waals surface area contributed by atoms with Gasteiger partial charge in [0.25, 0.3) is 5.91 Å². The zero-order chi connectivity index (χ0) is 21.9. The number of hydrogen-bond donors (Lipinski definition) is 1. The normalized spacial score (nSPS) is 15.6. The number of nitrogens with zero attached hydrogens (tertiary/aromatic N) is 1. The number of Topliss-reactive ketones (excluding diaryl/α,β-unsaturated/α-hetero) is 1. The van der Waals surface area contributed by atoms with Crippen molar-refractivity contribution in [3.63, 3.8) is 0 Å². The Morgan fingerprint density at radius 1 is 1.00 bits per heavy atom. The van der Waals surface area contributed by atoms with Crippen molar-refractivity contribution in [2.45, 2.75) is 45.3 Å². The molecule has 0 fully saturated rings. The summed E-state index contributed by atoms with van der Waals surface area (Å²) in [4.78, 5) is 51.3. The molecule has 2 amide bonds. The lowest BCUT2D eigenvalue weighted by molar-refractivity contribution is -0.154. The fraction of sp³-hybridized carbons (Fsp3) is 0.304. The van der Waals surface area contributed by atoms with Crippen LogP contribution >= 0.6 is 0 Å². The standard InChI is InChI=1S/C23H24N2O5/c1-15(30-20(27)14-13-19(26)16-9-5-4-6-10-16)21(28)25-18-12-8-7-11-17(18)24-22(29)23(25,2)3/h4-12,15H,13-14H2,1-3H3,(H,24,29)/t15-/m1/s1. The molecule has 0 aliphatic carbocycles. The van der Waals surface area contributed by atoms with E-state index in [0.717, 1.165) is 0 Å². The monoisotopic (exact) mass is 408 g/mol. The van der Waals surface area contributed by atoms with Crippen molar-refractivity contribution in [3.8, 4) is 0 Å². The van der Waals surface area contributed by atoms with Crippen molar-refractivity contribution in [2.24, 2.45) is 0 Å². The minimum atomic E-state index is -1.16. The summed E-state index contributed by atoms with van der Waals surface area (Å²) in [7, 11) is 0. The first-order chi connectivity index (χ1) is 14.2. The van der Waals surface area contributed by atoms with Crippen molar-refractivity contribution in [1.82, 2.24) is 0 Å². The van der Waals surface area contributed by atoms with Gasteiger partial charge in [-0.3, -0.25) is 24.1 Å². The van der Waals surface area contributed by atoms with Crippen molar-refractivity contribution < 1.29 is 23.9 Å². The van der Waals surface area contributed by atoms with Crippen LogP contribution in [0.15, 0.2) is 54.6 Å². The molecular formula is C23H24N2O5. The molecule has 0 radical (unpaired) electrons. The Morgan fingerprint density at radius 2 is 1.63 bits per heavy atom. The largest absolute Gasteiger partial charge is 0.453 e. The summed E-state index contributed by atoms with van der Waals surface area (Å²) in [5, 5.41) is 2.78. The van der Waals surface area contributed by atoms with Gasteiger partial charge in [-0.2, -0.15) is 0 Å². The number of fused-ring (bicyclic) bond motifs is 1. The van der Waals surface area contributed by atoms with Crippen LogP contribution < -0.4 is 10.2 Å². The van der Waals surface area contributed by atoms with Gasteiger partial charge >= 0.3 is 5.97 Å². The summed E-state index contributed by atoms with van der Waals surface area (Å²) >= 11 is 0. The van der Waals surface area contributed by atoms with Gasteiger partial charge in [0.1, 0.15) is 5.54 Å². The van der Waals surface area contributed by atoms with E-state index in [1.54, 1.807) is 68.4 Å². The molecule has 156 valence electrons. The van der Waals surface area contributed by atoms with E-state index in [1.807, 2.05) is 0 Å². The molecule has 1 aliphatic rings. The summed E-state index contributed by atoms with van der Waals surface area (Å²) < 4.78 is 5.28. The van der Waals surface area contributed by atoms with Crippen LogP contribution in [0.5, 0.6) is 0 Å². The third-order valence-corrected chi connectivity index (χ3v) is 5.04. The quantitative estimate of drug-likeness (QED) is 0.585. The maximum absolute atomic E-state index is 13.1. The van der Waals surface area contributed by atoms with Crippen LogP contribution in [0.1, 0.15) is 44.0 Å². The predicted octanol–water partition coefficient (Wildman–Crippen LogP) is 3.35. The van der Waals surface area contributed by atoms with Gasteiger partial charge in [0, 0.05) is 12.0 Å². The SMILES string of the molecule is C[C@@H](OC(=O)CCC(=O)c1ccccc1)C(=O)N1c2ccccc2NC(=O)C1(C)C. The molecule has 2 aromatic rings. The third kappa shape index (κ3) is 4.25. The number of rotatable bonds is 6. The number of benzene rings is 2. The molecule has 7 heteroatoms. The van der Waals surface area contributed by atoms with Gasteiger partial charge < -0.3 is 10.1 Å². The number of para-hydroxylation sites is 2. The molecule has 0 spiro atoms. The molecule has 1 N–H and O–H groups in total. The van der Waals surface area contributed by atoms with Gasteiger partial charge in [0.05, 0.1) is 17.8 Å². The number of hydrogen-bond acceptors (Lipinski definition) is 5. The van der Waals surface area contributed by atoms with Crippen LogP contribution in [-0.2, 0) is 19.1 Å². The molecule has 1 aliphatic heterocycles. The average Bonchev–Trinajstić information content (AvgIpc) is 2.73. The average molecular weight is 408 g/mol. The van der Waals surface area contributed by atoms with E-state index in [-0.39, 0.29) is 24.5 Å². The number of anilines is 2. The Kier molecular flexibility index (Phi) is 6.01. The van der Waals surface area contributed by atoms with E-state index in [9.17, 15) is 19.2 Å². The van der Waals surface area contributed by atoms with Crippen LogP contribution in [0.2, 0.25) is 0 Å². The lowest BCUT2D eigenvalue weighted by Gasteiger charge is -2.42. The van der Waals surface area contributed by atoms with E-state index >= 15 is 0 Å². The van der Waals surface area contributed by atoms with Crippen LogP contribution in [0.4, 0.5) is 11.4 Å². The molecule has 0 saturated carbocycles. The lowest BCUT2D eigenvalue weighted by atomic mass is 9.95. The molecule has 2 aromatic carbocycles. The Morgan fingerprint density at radius 3 is 2.33 bits per heavy atom. The predicted molar refractivity (Wildman–Crippen MR) is 112 cm³/mol. The van der Waals surface area contributed by atoms with Crippen LogP contribution in [0.25, 0.3) is 0 Å². The molecule has 0 bridgehead atoms. The van der Waals surface area contributed by atoms with Crippen LogP contribution in [0, 0.1) is 0 Å². The Bertz CT molecular complexity index is 984. The van der Waals surface area contributed by atoms with Gasteiger partial charge in [-0.25, -0.2) is 0 Å². The highest BCUT2D eigenvalue weighted by atomic mass is 16.5. The number of esters is 1. The Balaban J connectivity index is 1.67. The first-order valence-electron chi connectivity index (χ1n) is 9.74. The molecular weight excluding hydrogens is 384 g/mol. The zero-order valence-corrected chi connectivity index (χ0v) is 17.2. The second-order valence-electron chi connectivity index (χ2n) is 7.63. The summed E-state index contributed by atoms with van der Waals surface area (Å²) in [5.74, 6) is -1.66. The fourth-order valence-electron chi connectivity index (χ4n) is 3.32. The molecule has 1 heterocycles. The molecule has 7 nitrogen and oxygen atoms in total. The summed E-state index contributed by atoms with van der Waals surface area (Å²) in [6.45, 7) is 4.72. The zero-order valence-electron chi connectivity index (χ0n) is 17.2. The molecule has 0 saturated heterocycles. The molecule has 3 rings (SSSR count). The summed E-state index contributed by atoms with van der Waals surface area (Å²) in [5.41, 5.74) is 0.415. The molecule has 0 unspecified atom stereocenters. The van der Waals surface area contributed by atoms with Gasteiger partial charge in [-0.05, 0) is 32.9 Å². The highest BCUT2D eigenvalue weighted by Gasteiger charge is 2.45. The van der Waals surface area contributed by atoms with E-state index in [2.05, 4.69) is 5.32 Å². The number of ketones is 1. The Hall–Kier alpha value is -3.48. The minimum Gasteiger partial charge on any atom is -0.453 e. The fourth-order valence-corrected chi connectivity index (χ4v) is 3.32. The second kappa shape index (κ2) is 8.49. The van der Waals surface area contributed by atoms with E-state index in [4.69, 9.17) is 4.74 Å². The molecule has 1 atom stereocenters. The number of nitrogens with one attached hydrogen (secondary N) is 1. The highest BCUT2D eigenvalue weighted by Crippen LogP contribution is 2.37. The first-order valence-corrected chi connectivity index (χ1v) is 9.74. The summed E-state index contributed by atoms with van der Waals surface area (Å²) in [6, 6.07) is 15.6. The topological polar surface area (TPSA) is 92.8 Å². The maximum atomic E-state index is 13.1. The van der Waals surface area contributed by atoms with Crippen LogP contribution in [-0.4, -0.2) is 35.2 Å². The number of carbonyl (C=O) groups is 4. The van der Waals surface area contributed by atoms with Crippen molar-refractivity contribution in [2.75, 3.05) is 10.2 Å². The van der Waals surface area contributed by atoms with E-state index < -0.39 is 23.5 Å². The van der Waals surface area contributed by atoms with Gasteiger partial charge in [-0.1, -0.05) is 42.5 Å². The van der Waals surface area contributed by atoms with Crippen LogP contribution in [0.3, 0.4) is 0 Å². The second-order valence-corrected chi connectivity index (χ2v) is 7.63. The number of carbonyl (C=O) groups excluding carboxylic acids is 4. The van der Waals surface area contributed by atoms with Crippen molar-refractivity contribution in [1.29, 1.82) is 0 Å². The maximum Gasteiger partial charge on any atom is 0.307 e.